The van der Waals surface area contributed by atoms with Gasteiger partial charge in [0, 0.05) is 16.2 Å². The summed E-state index contributed by atoms with van der Waals surface area (Å²) >= 11 is 0. The van der Waals surface area contributed by atoms with E-state index in [4.69, 9.17) is 10.3 Å². The van der Waals surface area contributed by atoms with Crippen LogP contribution in [0.25, 0.3) is 10.9 Å². The number of rotatable bonds is 5. The predicted octanol–water partition coefficient (Wildman–Crippen LogP) is 3.46. The van der Waals surface area contributed by atoms with Gasteiger partial charge in [-0.25, -0.2) is 0 Å². The summed E-state index contributed by atoms with van der Waals surface area (Å²) in [5.41, 5.74) is 9.42. The average molecular weight is 370 g/mol. The van der Waals surface area contributed by atoms with Crippen LogP contribution in [0.5, 0.6) is 0 Å². The highest BCUT2D eigenvalue weighted by Crippen LogP contribution is 2.48. The van der Waals surface area contributed by atoms with Gasteiger partial charge < -0.3 is 15.2 Å². The fourth-order valence-corrected chi connectivity index (χ4v) is 5.96. The molecular weight excluding hydrogens is 347 g/mol. The first kappa shape index (κ1) is 18.4. The van der Waals surface area contributed by atoms with Gasteiger partial charge in [0.05, 0.1) is 11.9 Å². The monoisotopic (exact) mass is 370 g/mol. The number of benzene rings is 2. The summed E-state index contributed by atoms with van der Waals surface area (Å²) in [6.07, 6.45) is 0. The second-order valence-corrected chi connectivity index (χ2v) is 8.90. The van der Waals surface area contributed by atoms with E-state index >= 15 is 0 Å². The van der Waals surface area contributed by atoms with E-state index in [0.717, 1.165) is 16.7 Å². The number of fused-ring (bicyclic) bond motifs is 1. The van der Waals surface area contributed by atoms with Gasteiger partial charge in [0.15, 0.2) is 0 Å². The Balaban J connectivity index is 2.42. The maximum atomic E-state index is 14.2. The Kier molecular flexibility index (Phi) is 4.78. The lowest BCUT2D eigenvalue weighted by Gasteiger charge is -2.20. The number of aromatic amines is 1. The Hall–Kier alpha value is -2.36. The van der Waals surface area contributed by atoms with Crippen molar-refractivity contribution in [2.75, 3.05) is 6.61 Å². The lowest BCUT2D eigenvalue weighted by Crippen LogP contribution is -2.26. The molecule has 3 rings (SSSR count). The van der Waals surface area contributed by atoms with Crippen molar-refractivity contribution < 1.29 is 13.9 Å². The molecule has 3 N–H and O–H groups in total. The minimum absolute atomic E-state index is 0.140. The van der Waals surface area contributed by atoms with Crippen molar-refractivity contribution in [1.29, 1.82) is 0 Å². The van der Waals surface area contributed by atoms with Crippen LogP contribution in [0.3, 0.4) is 0 Å². The third-order valence-electron chi connectivity index (χ3n) is 4.32. The molecule has 1 heterocycles. The molecule has 2 aromatic carbocycles. The van der Waals surface area contributed by atoms with Crippen molar-refractivity contribution in [3.8, 4) is 0 Å². The van der Waals surface area contributed by atoms with Crippen LogP contribution in [0.1, 0.15) is 34.1 Å². The first-order chi connectivity index (χ1) is 12.3. The molecule has 6 heteroatoms. The van der Waals surface area contributed by atoms with Crippen LogP contribution in [0.15, 0.2) is 36.4 Å². The fourth-order valence-electron chi connectivity index (χ4n) is 3.35. The standard InChI is InChI=1S/C20H23N2O3P/c1-5-25-26(24,15-9-13(3)8-14(4)10-15)19-16-11-12(2)6-7-17(16)22-18(19)20(21)23/h6-11,22H,5H2,1-4H3,(H2,21,23). The summed E-state index contributed by atoms with van der Waals surface area (Å²) in [6, 6.07) is 11.4. The Morgan fingerprint density at radius 1 is 1.08 bits per heavy atom. The number of nitrogens with two attached hydrogens (primary N) is 1. The van der Waals surface area contributed by atoms with Gasteiger partial charge in [0.1, 0.15) is 5.69 Å². The van der Waals surface area contributed by atoms with Crippen LogP contribution >= 0.6 is 7.37 Å². The summed E-state index contributed by atoms with van der Waals surface area (Å²) in [5, 5.41) is 1.63. The number of H-pyrrole nitrogens is 1. The smallest absolute Gasteiger partial charge is 0.266 e. The van der Waals surface area contributed by atoms with Crippen molar-refractivity contribution >= 4 is 34.8 Å². The second-order valence-electron chi connectivity index (χ2n) is 6.58. The molecule has 5 nitrogen and oxygen atoms in total. The number of hydrogen-bond donors (Lipinski definition) is 2. The molecule has 0 saturated heterocycles. The molecule has 0 spiro atoms. The lowest BCUT2D eigenvalue weighted by molar-refractivity contribution is 0.0997. The maximum absolute atomic E-state index is 14.2. The van der Waals surface area contributed by atoms with E-state index < -0.39 is 13.3 Å². The molecule has 1 amide bonds. The van der Waals surface area contributed by atoms with Crippen molar-refractivity contribution in [2.24, 2.45) is 5.73 Å². The van der Waals surface area contributed by atoms with Crippen LogP contribution in [0.4, 0.5) is 0 Å². The molecular formula is C20H23N2O3P. The highest BCUT2D eigenvalue weighted by atomic mass is 31.2. The van der Waals surface area contributed by atoms with Crippen LogP contribution in [-0.4, -0.2) is 17.5 Å². The van der Waals surface area contributed by atoms with E-state index in [9.17, 15) is 9.36 Å². The summed E-state index contributed by atoms with van der Waals surface area (Å²) < 4.78 is 20.0. The molecule has 1 atom stereocenters. The molecule has 0 aliphatic carbocycles. The Morgan fingerprint density at radius 2 is 1.73 bits per heavy atom. The minimum Gasteiger partial charge on any atom is -0.364 e. The predicted molar refractivity (Wildman–Crippen MR) is 106 cm³/mol. The highest BCUT2D eigenvalue weighted by Gasteiger charge is 2.36. The number of amides is 1. The van der Waals surface area contributed by atoms with Gasteiger partial charge >= 0.3 is 0 Å². The number of aromatic nitrogens is 1. The maximum Gasteiger partial charge on any atom is 0.266 e. The molecule has 0 saturated carbocycles. The largest absolute Gasteiger partial charge is 0.364 e. The van der Waals surface area contributed by atoms with Gasteiger partial charge in [-0.3, -0.25) is 9.36 Å². The molecule has 26 heavy (non-hydrogen) atoms. The molecule has 3 aromatic rings. The Bertz CT molecular complexity index is 1030. The normalized spacial score (nSPS) is 13.7. The van der Waals surface area contributed by atoms with Crippen LogP contribution < -0.4 is 16.3 Å². The molecule has 1 aromatic heterocycles. The summed E-state index contributed by atoms with van der Waals surface area (Å²) in [4.78, 5) is 15.1. The number of nitrogens with one attached hydrogen (secondary N) is 1. The fraction of sp³-hybridized carbons (Fsp3) is 0.250. The zero-order chi connectivity index (χ0) is 19.1. The van der Waals surface area contributed by atoms with Crippen LogP contribution in [-0.2, 0) is 9.09 Å². The van der Waals surface area contributed by atoms with E-state index in [-0.39, 0.29) is 12.3 Å². The van der Waals surface area contributed by atoms with Crippen LogP contribution in [0.2, 0.25) is 0 Å². The van der Waals surface area contributed by atoms with E-state index in [1.807, 2.05) is 57.2 Å². The molecule has 0 fully saturated rings. The van der Waals surface area contributed by atoms with Gasteiger partial charge in [-0.05, 0) is 52.0 Å². The van der Waals surface area contributed by atoms with Crippen LogP contribution in [0, 0.1) is 20.8 Å². The van der Waals surface area contributed by atoms with Gasteiger partial charge in [-0.1, -0.05) is 28.8 Å². The van der Waals surface area contributed by atoms with Gasteiger partial charge in [-0.2, -0.15) is 0 Å². The van der Waals surface area contributed by atoms with Gasteiger partial charge in [0.2, 0.25) is 0 Å². The Labute approximate surface area is 153 Å². The van der Waals surface area contributed by atoms with E-state index in [2.05, 4.69) is 4.98 Å². The first-order valence-electron chi connectivity index (χ1n) is 8.52. The molecule has 136 valence electrons. The number of primary amides is 1. The topological polar surface area (TPSA) is 85.2 Å². The molecule has 0 aliphatic heterocycles. The highest BCUT2D eigenvalue weighted by molar-refractivity contribution is 7.75. The van der Waals surface area contributed by atoms with E-state index in [1.54, 1.807) is 6.92 Å². The third kappa shape index (κ3) is 3.09. The number of hydrogen-bond acceptors (Lipinski definition) is 3. The summed E-state index contributed by atoms with van der Waals surface area (Å²) in [7, 11) is -3.52. The van der Waals surface area contributed by atoms with Crippen molar-refractivity contribution in [3.63, 3.8) is 0 Å². The zero-order valence-corrected chi connectivity index (χ0v) is 16.3. The summed E-state index contributed by atoms with van der Waals surface area (Å²) in [6.45, 7) is 7.88. The zero-order valence-electron chi connectivity index (χ0n) is 15.4. The quantitative estimate of drug-likeness (QED) is 0.675. The second kappa shape index (κ2) is 6.75. The number of carbonyl (C=O) groups is 1. The average Bonchev–Trinajstić information content (AvgIpc) is 2.93. The van der Waals surface area contributed by atoms with Crippen molar-refractivity contribution in [2.45, 2.75) is 27.7 Å². The molecule has 0 bridgehead atoms. The van der Waals surface area contributed by atoms with Gasteiger partial charge in [0.25, 0.3) is 13.3 Å². The molecule has 0 aliphatic rings. The summed E-state index contributed by atoms with van der Waals surface area (Å²) in [5.74, 6) is -0.654. The third-order valence-corrected chi connectivity index (χ3v) is 6.94. The van der Waals surface area contributed by atoms with E-state index in [1.165, 1.54) is 0 Å². The lowest BCUT2D eigenvalue weighted by atomic mass is 10.2. The number of aryl methyl sites for hydroxylation is 3. The van der Waals surface area contributed by atoms with Crippen molar-refractivity contribution in [3.05, 3.63) is 58.8 Å². The molecule has 1 unspecified atom stereocenters. The number of carbonyl (C=O) groups excluding carboxylic acids is 1. The van der Waals surface area contributed by atoms with E-state index in [0.29, 0.717) is 21.5 Å². The van der Waals surface area contributed by atoms with Crippen molar-refractivity contribution in [1.82, 2.24) is 4.98 Å². The molecule has 0 radical (unpaired) electrons. The SMILES string of the molecule is CCOP(=O)(c1cc(C)cc(C)c1)c1c(C(N)=O)[nH]c2ccc(C)cc12. The van der Waals surface area contributed by atoms with Gasteiger partial charge in [-0.15, -0.1) is 0 Å². The first-order valence-corrected chi connectivity index (χ1v) is 10.1. The Morgan fingerprint density at radius 3 is 2.31 bits per heavy atom. The minimum atomic E-state index is -3.52.